The number of amides is 2. The summed E-state index contributed by atoms with van der Waals surface area (Å²) in [6, 6.07) is 2.70. The van der Waals surface area contributed by atoms with Crippen molar-refractivity contribution in [2.45, 2.75) is 11.4 Å². The number of hydrogen-bond donors (Lipinski definition) is 3. The number of hydrogen-bond acceptors (Lipinski definition) is 12. The number of thioether (sulfide) groups is 2. The van der Waals surface area contributed by atoms with Crippen LogP contribution in [0.3, 0.4) is 0 Å². The van der Waals surface area contributed by atoms with Crippen LogP contribution < -0.4 is 11.1 Å². The molecule has 4 heterocycles. The van der Waals surface area contributed by atoms with Gasteiger partial charge in [0.05, 0.1) is 0 Å². The Morgan fingerprint density at radius 2 is 2.31 bits per heavy atom. The fourth-order valence-corrected chi connectivity index (χ4v) is 6.02. The van der Waals surface area contributed by atoms with E-state index in [0.717, 1.165) is 17.1 Å². The van der Waals surface area contributed by atoms with E-state index in [2.05, 4.69) is 31.4 Å². The molecule has 36 heavy (non-hydrogen) atoms. The van der Waals surface area contributed by atoms with Crippen molar-refractivity contribution in [2.24, 2.45) is 5.16 Å². The van der Waals surface area contributed by atoms with E-state index in [9.17, 15) is 19.5 Å². The van der Waals surface area contributed by atoms with Gasteiger partial charge in [-0.25, -0.2) is 4.79 Å². The first kappa shape index (κ1) is 25.4. The van der Waals surface area contributed by atoms with Crippen LogP contribution in [0.2, 0.25) is 0 Å². The Balaban J connectivity index is 1.49. The van der Waals surface area contributed by atoms with Gasteiger partial charge in [0.25, 0.3) is 11.8 Å². The van der Waals surface area contributed by atoms with Crippen LogP contribution in [0.5, 0.6) is 0 Å². The first-order chi connectivity index (χ1) is 17.4. The molecule has 15 heteroatoms. The third-order valence-electron chi connectivity index (χ3n) is 4.79. The number of carboxylic acids is 1. The topological polar surface area (TPSA) is 173 Å². The zero-order chi connectivity index (χ0) is 25.7. The van der Waals surface area contributed by atoms with Crippen LogP contribution in [0, 0.1) is 0 Å². The number of nitrogens with two attached hydrogens (primary N) is 1. The summed E-state index contributed by atoms with van der Waals surface area (Å²) < 4.78 is 3.97. The van der Waals surface area contributed by atoms with Crippen LogP contribution in [0.25, 0.3) is 6.08 Å². The first-order valence-corrected chi connectivity index (χ1v) is 13.0. The SMILES string of the molecule is C=CCON=C(C(=O)NC1C(=O)N2C(C(=O)O)=C(SC=Cc3cccnc3)CS[C@@H]12)c1nsc(N)n1. The molecule has 0 spiro atoms. The molecule has 2 atom stereocenters. The molecule has 2 amide bonds. The van der Waals surface area contributed by atoms with E-state index < -0.39 is 29.2 Å². The minimum absolute atomic E-state index is 0.0352. The van der Waals surface area contributed by atoms with Crippen molar-refractivity contribution in [3.8, 4) is 0 Å². The Hall–Kier alpha value is -3.69. The van der Waals surface area contributed by atoms with Gasteiger partial charge in [-0.15, -0.1) is 11.8 Å². The monoisotopic (exact) mass is 545 g/mol. The third kappa shape index (κ3) is 5.42. The highest BCUT2D eigenvalue weighted by molar-refractivity contribution is 8.08. The fraction of sp³-hybridized carbons (Fsp3) is 0.190. The van der Waals surface area contributed by atoms with Gasteiger partial charge in [0.15, 0.2) is 5.13 Å². The quantitative estimate of drug-likeness (QED) is 0.130. The van der Waals surface area contributed by atoms with Crippen LogP contribution in [0.1, 0.15) is 11.4 Å². The molecule has 2 aromatic rings. The first-order valence-electron chi connectivity index (χ1n) is 10.3. The molecule has 0 aromatic carbocycles. The van der Waals surface area contributed by atoms with Gasteiger partial charge in [0.2, 0.25) is 11.5 Å². The van der Waals surface area contributed by atoms with E-state index in [1.165, 1.54) is 34.5 Å². The van der Waals surface area contributed by atoms with E-state index in [1.807, 2.05) is 6.07 Å². The molecule has 0 bridgehead atoms. The van der Waals surface area contributed by atoms with Crippen molar-refractivity contribution in [1.29, 1.82) is 0 Å². The maximum Gasteiger partial charge on any atom is 0.353 e. The maximum absolute atomic E-state index is 12.9. The lowest BCUT2D eigenvalue weighted by Gasteiger charge is -2.49. The number of nitrogens with zero attached hydrogens (tertiary/aromatic N) is 5. The zero-order valence-corrected chi connectivity index (χ0v) is 20.9. The molecule has 186 valence electrons. The summed E-state index contributed by atoms with van der Waals surface area (Å²) in [6.07, 6.45) is 6.58. The van der Waals surface area contributed by atoms with Gasteiger partial charge >= 0.3 is 5.97 Å². The molecule has 0 radical (unpaired) electrons. The number of anilines is 1. The van der Waals surface area contributed by atoms with Gasteiger partial charge in [0, 0.05) is 34.6 Å². The third-order valence-corrected chi connectivity index (χ3v) is 7.69. The van der Waals surface area contributed by atoms with Crippen LogP contribution in [-0.2, 0) is 19.2 Å². The second kappa shape index (κ2) is 11.4. The number of nitrogens with one attached hydrogen (secondary N) is 1. The Morgan fingerprint density at radius 3 is 2.97 bits per heavy atom. The van der Waals surface area contributed by atoms with Crippen molar-refractivity contribution >= 4 is 69.8 Å². The summed E-state index contributed by atoms with van der Waals surface area (Å²) in [4.78, 5) is 52.6. The molecule has 2 aliphatic heterocycles. The Kier molecular flexibility index (Phi) is 8.02. The maximum atomic E-state index is 12.9. The number of aliphatic carboxylic acids is 1. The summed E-state index contributed by atoms with van der Waals surface area (Å²) in [6.45, 7) is 3.54. The van der Waals surface area contributed by atoms with E-state index in [0.29, 0.717) is 10.7 Å². The van der Waals surface area contributed by atoms with Gasteiger partial charge in [-0.3, -0.25) is 19.5 Å². The van der Waals surface area contributed by atoms with Crippen LogP contribution in [0.4, 0.5) is 5.13 Å². The predicted molar refractivity (Wildman–Crippen MR) is 138 cm³/mol. The highest BCUT2D eigenvalue weighted by Crippen LogP contribution is 2.43. The minimum atomic E-state index is -1.22. The number of β-lactam (4-membered cyclic amide) rings is 1. The highest BCUT2D eigenvalue weighted by atomic mass is 32.2. The normalized spacial score (nSPS) is 19.6. The number of rotatable bonds is 10. The second-order valence-corrected chi connectivity index (χ2v) is 10.0. The van der Waals surface area contributed by atoms with E-state index >= 15 is 0 Å². The molecular weight excluding hydrogens is 526 g/mol. The number of carbonyl (C=O) groups excluding carboxylic acids is 2. The van der Waals surface area contributed by atoms with Crippen LogP contribution in [0.15, 0.2) is 58.3 Å². The predicted octanol–water partition coefficient (Wildman–Crippen LogP) is 1.52. The van der Waals surface area contributed by atoms with E-state index in [4.69, 9.17) is 10.6 Å². The lowest BCUT2D eigenvalue weighted by Crippen LogP contribution is -2.71. The average molecular weight is 546 g/mol. The van der Waals surface area contributed by atoms with Crippen molar-refractivity contribution in [3.05, 3.63) is 64.6 Å². The van der Waals surface area contributed by atoms with Gasteiger partial charge in [-0.1, -0.05) is 35.6 Å². The summed E-state index contributed by atoms with van der Waals surface area (Å²) in [7, 11) is 0. The number of carbonyl (C=O) groups is 3. The number of carboxylic acid groups (broad SMARTS) is 1. The highest BCUT2D eigenvalue weighted by Gasteiger charge is 2.54. The lowest BCUT2D eigenvalue weighted by molar-refractivity contribution is -0.150. The molecule has 2 aliphatic rings. The number of pyridine rings is 1. The summed E-state index contributed by atoms with van der Waals surface area (Å²) in [5.74, 6) is -2.24. The molecule has 1 fully saturated rings. The van der Waals surface area contributed by atoms with Crippen molar-refractivity contribution in [2.75, 3.05) is 18.1 Å². The lowest BCUT2D eigenvalue weighted by atomic mass is 10.0. The van der Waals surface area contributed by atoms with Gasteiger partial charge < -0.3 is 21.0 Å². The minimum Gasteiger partial charge on any atom is -0.477 e. The van der Waals surface area contributed by atoms with Gasteiger partial charge in [-0.05, 0) is 23.1 Å². The number of aromatic nitrogens is 3. The zero-order valence-electron chi connectivity index (χ0n) is 18.4. The van der Waals surface area contributed by atoms with Crippen molar-refractivity contribution in [1.82, 2.24) is 24.6 Å². The fourth-order valence-electron chi connectivity index (χ4n) is 3.23. The van der Waals surface area contributed by atoms with Crippen molar-refractivity contribution < 1.29 is 24.3 Å². The van der Waals surface area contributed by atoms with Crippen LogP contribution >= 0.6 is 35.1 Å². The summed E-state index contributed by atoms with van der Waals surface area (Å²) in [5, 5.41) is 17.5. The molecule has 1 unspecified atom stereocenters. The molecule has 0 saturated carbocycles. The molecule has 4 rings (SSSR count). The molecule has 1 saturated heterocycles. The summed E-state index contributed by atoms with van der Waals surface area (Å²) >= 11 is 3.44. The Bertz CT molecular complexity index is 1280. The van der Waals surface area contributed by atoms with Crippen molar-refractivity contribution in [3.63, 3.8) is 0 Å². The summed E-state index contributed by atoms with van der Waals surface area (Å²) in [5.41, 5.74) is 6.10. The standard InChI is InChI=1S/C21H19N7O5S3/c1-2-7-33-26-13(16-25-21(22)36-27-16)17(29)24-14-18(30)28-15(20(31)32)12(10-35-19(14)28)34-8-5-11-4-3-6-23-9-11/h2-6,8-9,14,19H,1,7,10H2,(H,24,29)(H,31,32)(H2,22,25,27)/t14?,19-/m0/s1. The number of oxime groups is 1. The van der Waals surface area contributed by atoms with Gasteiger partial charge in [0.1, 0.15) is 23.7 Å². The van der Waals surface area contributed by atoms with E-state index in [-0.39, 0.29) is 29.0 Å². The second-order valence-electron chi connectivity index (χ2n) is 7.13. The Labute approximate surface area is 217 Å². The van der Waals surface area contributed by atoms with E-state index in [1.54, 1.807) is 29.9 Å². The molecular formula is C21H19N7O5S3. The average Bonchev–Trinajstić information content (AvgIpc) is 3.30. The Morgan fingerprint density at radius 1 is 1.47 bits per heavy atom. The molecule has 4 N–H and O–H groups in total. The molecule has 0 aliphatic carbocycles. The smallest absolute Gasteiger partial charge is 0.353 e. The molecule has 12 nitrogen and oxygen atoms in total. The van der Waals surface area contributed by atoms with Crippen LogP contribution in [-0.4, -0.2) is 71.6 Å². The molecule has 2 aromatic heterocycles. The number of fused-ring (bicyclic) bond motifs is 1. The largest absolute Gasteiger partial charge is 0.477 e. The van der Waals surface area contributed by atoms with Gasteiger partial charge in [-0.2, -0.15) is 9.36 Å². The number of nitrogen functional groups attached to an aromatic ring is 1.